The van der Waals surface area contributed by atoms with Gasteiger partial charge in [0.1, 0.15) is 5.82 Å². The molecule has 1 aliphatic rings. The molecule has 0 bridgehead atoms. The number of amides is 1. The van der Waals surface area contributed by atoms with Gasteiger partial charge in [0, 0.05) is 31.6 Å². The standard InChI is InChI=1S/C21H26N6O/c1-15-7-6-8-16(2)21(15)22-20(28)12-11-18-24-23-17-9-10-19(25-27(17)18)26-13-4-3-5-14-26/h6-10H,3-5,11-14H2,1-2H3,(H,22,28). The number of piperidine rings is 1. The number of hydrogen-bond donors (Lipinski definition) is 1. The highest BCUT2D eigenvalue weighted by Gasteiger charge is 2.15. The predicted octanol–water partition coefficient (Wildman–Crippen LogP) is 3.30. The van der Waals surface area contributed by atoms with E-state index in [1.807, 2.05) is 44.2 Å². The van der Waals surface area contributed by atoms with Gasteiger partial charge in [-0.1, -0.05) is 18.2 Å². The number of fused-ring (bicyclic) bond motifs is 1. The van der Waals surface area contributed by atoms with Crippen LogP contribution in [0.5, 0.6) is 0 Å². The number of rotatable bonds is 5. The Bertz CT molecular complexity index is 969. The van der Waals surface area contributed by atoms with Gasteiger partial charge in [0.05, 0.1) is 0 Å². The van der Waals surface area contributed by atoms with Crippen LogP contribution in [0.2, 0.25) is 0 Å². The Labute approximate surface area is 164 Å². The second-order valence-corrected chi connectivity index (χ2v) is 7.44. The lowest BCUT2D eigenvalue weighted by molar-refractivity contribution is -0.116. The molecule has 0 aliphatic carbocycles. The Morgan fingerprint density at radius 1 is 1.04 bits per heavy atom. The first-order valence-electron chi connectivity index (χ1n) is 9.94. The quantitative estimate of drug-likeness (QED) is 0.737. The molecule has 1 amide bonds. The van der Waals surface area contributed by atoms with Gasteiger partial charge in [0.15, 0.2) is 11.5 Å². The summed E-state index contributed by atoms with van der Waals surface area (Å²) in [5, 5.41) is 16.2. The Hall–Kier alpha value is -2.96. The van der Waals surface area contributed by atoms with E-state index in [-0.39, 0.29) is 5.91 Å². The van der Waals surface area contributed by atoms with E-state index in [1.165, 1.54) is 19.3 Å². The minimum Gasteiger partial charge on any atom is -0.355 e. The molecule has 2 aromatic heterocycles. The molecule has 1 aliphatic heterocycles. The van der Waals surface area contributed by atoms with E-state index in [1.54, 1.807) is 4.52 Å². The van der Waals surface area contributed by atoms with E-state index in [0.717, 1.165) is 35.7 Å². The first-order chi connectivity index (χ1) is 13.6. The van der Waals surface area contributed by atoms with Gasteiger partial charge in [-0.2, -0.15) is 4.52 Å². The number of hydrogen-bond acceptors (Lipinski definition) is 5. The van der Waals surface area contributed by atoms with Crippen LogP contribution in [0.3, 0.4) is 0 Å². The highest BCUT2D eigenvalue weighted by molar-refractivity contribution is 5.92. The molecule has 0 spiro atoms. The second kappa shape index (κ2) is 7.96. The molecule has 1 fully saturated rings. The zero-order chi connectivity index (χ0) is 19.5. The van der Waals surface area contributed by atoms with Crippen molar-refractivity contribution in [3.8, 4) is 0 Å². The van der Waals surface area contributed by atoms with Gasteiger partial charge in [-0.05, 0) is 56.4 Å². The Kier molecular flexibility index (Phi) is 5.23. The SMILES string of the molecule is Cc1cccc(C)c1NC(=O)CCc1nnc2ccc(N3CCCCC3)nn12. The number of carbonyl (C=O) groups excluding carboxylic acids is 1. The highest BCUT2D eigenvalue weighted by Crippen LogP contribution is 2.20. The van der Waals surface area contributed by atoms with Crippen molar-refractivity contribution >= 4 is 23.1 Å². The maximum atomic E-state index is 12.5. The molecule has 1 N–H and O–H groups in total. The van der Waals surface area contributed by atoms with Crippen LogP contribution in [0.25, 0.3) is 5.65 Å². The molecule has 4 rings (SSSR count). The minimum atomic E-state index is -0.0265. The summed E-state index contributed by atoms with van der Waals surface area (Å²) in [7, 11) is 0. The topological polar surface area (TPSA) is 75.4 Å². The fourth-order valence-electron chi connectivity index (χ4n) is 3.71. The van der Waals surface area contributed by atoms with Gasteiger partial charge in [0.25, 0.3) is 0 Å². The molecule has 1 aromatic carbocycles. The third kappa shape index (κ3) is 3.83. The molecule has 7 nitrogen and oxygen atoms in total. The number of aryl methyl sites for hydroxylation is 3. The highest BCUT2D eigenvalue weighted by atomic mass is 16.1. The number of para-hydroxylation sites is 1. The van der Waals surface area contributed by atoms with Crippen molar-refractivity contribution in [2.45, 2.75) is 46.0 Å². The Morgan fingerprint density at radius 2 is 1.79 bits per heavy atom. The molecular formula is C21H26N6O. The van der Waals surface area contributed by atoms with Crippen LogP contribution in [0.4, 0.5) is 11.5 Å². The lowest BCUT2D eigenvalue weighted by atomic mass is 10.1. The molecule has 0 atom stereocenters. The number of benzene rings is 1. The van der Waals surface area contributed by atoms with Crippen LogP contribution in [0.1, 0.15) is 42.6 Å². The van der Waals surface area contributed by atoms with Gasteiger partial charge in [0.2, 0.25) is 5.91 Å². The van der Waals surface area contributed by atoms with Gasteiger partial charge in [-0.25, -0.2) is 0 Å². The van der Waals surface area contributed by atoms with Gasteiger partial charge in [-0.3, -0.25) is 4.79 Å². The molecular weight excluding hydrogens is 352 g/mol. The van der Waals surface area contributed by atoms with Gasteiger partial charge < -0.3 is 10.2 Å². The summed E-state index contributed by atoms with van der Waals surface area (Å²) in [6.07, 6.45) is 4.52. The maximum Gasteiger partial charge on any atom is 0.224 e. The lowest BCUT2D eigenvalue weighted by Gasteiger charge is -2.27. The van der Waals surface area contributed by atoms with Crippen molar-refractivity contribution in [2.24, 2.45) is 0 Å². The van der Waals surface area contributed by atoms with Crippen LogP contribution in [0, 0.1) is 13.8 Å². The first-order valence-corrected chi connectivity index (χ1v) is 9.94. The summed E-state index contributed by atoms with van der Waals surface area (Å²) in [6.45, 7) is 6.07. The smallest absolute Gasteiger partial charge is 0.224 e. The van der Waals surface area contributed by atoms with Gasteiger partial charge in [-0.15, -0.1) is 15.3 Å². The fourth-order valence-corrected chi connectivity index (χ4v) is 3.71. The van der Waals surface area contributed by atoms with Crippen molar-refractivity contribution in [1.82, 2.24) is 19.8 Å². The minimum absolute atomic E-state index is 0.0265. The average molecular weight is 378 g/mol. The average Bonchev–Trinajstić information content (AvgIpc) is 3.12. The van der Waals surface area contributed by atoms with Crippen LogP contribution >= 0.6 is 0 Å². The summed E-state index contributed by atoms with van der Waals surface area (Å²) in [5.41, 5.74) is 3.73. The number of anilines is 2. The number of carbonyl (C=O) groups is 1. The van der Waals surface area contributed by atoms with Crippen molar-refractivity contribution in [1.29, 1.82) is 0 Å². The molecule has 28 heavy (non-hydrogen) atoms. The van der Waals surface area contributed by atoms with E-state index < -0.39 is 0 Å². The summed E-state index contributed by atoms with van der Waals surface area (Å²) < 4.78 is 1.77. The molecule has 3 heterocycles. The third-order valence-corrected chi connectivity index (χ3v) is 5.31. The number of nitrogens with one attached hydrogen (secondary N) is 1. The first kappa shape index (κ1) is 18.4. The molecule has 146 valence electrons. The zero-order valence-electron chi connectivity index (χ0n) is 16.5. The maximum absolute atomic E-state index is 12.5. The largest absolute Gasteiger partial charge is 0.355 e. The third-order valence-electron chi connectivity index (χ3n) is 5.31. The van der Waals surface area contributed by atoms with Crippen molar-refractivity contribution in [2.75, 3.05) is 23.3 Å². The summed E-state index contributed by atoms with van der Waals surface area (Å²) >= 11 is 0. The fraction of sp³-hybridized carbons (Fsp3) is 0.429. The van der Waals surface area contributed by atoms with E-state index >= 15 is 0 Å². The van der Waals surface area contributed by atoms with Crippen LogP contribution in [-0.2, 0) is 11.2 Å². The van der Waals surface area contributed by atoms with Crippen LogP contribution in [0.15, 0.2) is 30.3 Å². The second-order valence-electron chi connectivity index (χ2n) is 7.44. The molecule has 7 heteroatoms. The monoisotopic (exact) mass is 378 g/mol. The normalized spacial score (nSPS) is 14.4. The Balaban J connectivity index is 1.46. The van der Waals surface area contributed by atoms with Crippen LogP contribution in [-0.4, -0.2) is 38.8 Å². The van der Waals surface area contributed by atoms with Crippen molar-refractivity contribution in [3.05, 3.63) is 47.3 Å². The van der Waals surface area contributed by atoms with Crippen molar-refractivity contribution in [3.63, 3.8) is 0 Å². The summed E-state index contributed by atoms with van der Waals surface area (Å²) in [6, 6.07) is 9.95. The van der Waals surface area contributed by atoms with E-state index in [0.29, 0.717) is 24.3 Å². The Morgan fingerprint density at radius 3 is 2.54 bits per heavy atom. The van der Waals surface area contributed by atoms with Gasteiger partial charge >= 0.3 is 0 Å². The predicted molar refractivity (Wildman–Crippen MR) is 110 cm³/mol. The zero-order valence-corrected chi connectivity index (χ0v) is 16.5. The van der Waals surface area contributed by atoms with E-state index in [2.05, 4.69) is 20.4 Å². The molecule has 1 saturated heterocycles. The summed E-state index contributed by atoms with van der Waals surface area (Å²) in [5.74, 6) is 1.64. The lowest BCUT2D eigenvalue weighted by Crippen LogP contribution is -2.30. The number of nitrogens with zero attached hydrogens (tertiary/aromatic N) is 5. The molecule has 3 aromatic rings. The van der Waals surface area contributed by atoms with E-state index in [9.17, 15) is 4.79 Å². The molecule has 0 saturated carbocycles. The van der Waals surface area contributed by atoms with E-state index in [4.69, 9.17) is 5.10 Å². The number of aromatic nitrogens is 4. The van der Waals surface area contributed by atoms with Crippen LogP contribution < -0.4 is 10.2 Å². The van der Waals surface area contributed by atoms with Crippen molar-refractivity contribution < 1.29 is 4.79 Å². The molecule has 0 unspecified atom stereocenters. The summed E-state index contributed by atoms with van der Waals surface area (Å²) in [4.78, 5) is 14.8. The molecule has 0 radical (unpaired) electrons.